The maximum atomic E-state index is 12.1. The Balaban J connectivity index is 2.26. The van der Waals surface area contributed by atoms with E-state index in [2.05, 4.69) is 22.2 Å². The molecule has 2 heterocycles. The predicted octanol–water partition coefficient (Wildman–Crippen LogP) is 1.94. The first-order valence-electron chi connectivity index (χ1n) is 7.10. The normalized spacial score (nSPS) is 13.9. The molecule has 0 radical (unpaired) electrons. The molecular weight excluding hydrogens is 274 g/mol. The summed E-state index contributed by atoms with van der Waals surface area (Å²) in [7, 11) is 0. The number of fused-ring (bicyclic) bond motifs is 1. The molecule has 20 heavy (non-hydrogen) atoms. The van der Waals surface area contributed by atoms with Gasteiger partial charge in [-0.3, -0.25) is 0 Å². The fraction of sp³-hybridized carbons (Fsp3) is 0.643. The van der Waals surface area contributed by atoms with Crippen LogP contribution >= 0.6 is 11.8 Å². The average Bonchev–Trinajstić information content (AvgIpc) is 2.47. The number of aromatic nitrogens is 2. The van der Waals surface area contributed by atoms with E-state index in [-0.39, 0.29) is 5.97 Å². The quantitative estimate of drug-likeness (QED) is 0.639. The third-order valence-corrected chi connectivity index (χ3v) is 4.19. The molecule has 0 amide bonds. The van der Waals surface area contributed by atoms with Crippen molar-refractivity contribution in [2.24, 2.45) is 0 Å². The van der Waals surface area contributed by atoms with E-state index in [9.17, 15) is 4.79 Å². The van der Waals surface area contributed by atoms with Crippen LogP contribution in [-0.4, -0.2) is 34.8 Å². The Labute approximate surface area is 123 Å². The van der Waals surface area contributed by atoms with Gasteiger partial charge in [0.2, 0.25) is 0 Å². The van der Waals surface area contributed by atoms with Gasteiger partial charge in [-0.1, -0.05) is 6.92 Å². The molecule has 0 aliphatic carbocycles. The number of esters is 1. The van der Waals surface area contributed by atoms with Crippen molar-refractivity contribution in [1.29, 1.82) is 0 Å². The molecule has 0 fully saturated rings. The van der Waals surface area contributed by atoms with Crippen molar-refractivity contribution in [3.63, 3.8) is 0 Å². The minimum absolute atomic E-state index is 0.336. The van der Waals surface area contributed by atoms with Gasteiger partial charge in [0.1, 0.15) is 5.82 Å². The monoisotopic (exact) mass is 295 g/mol. The number of carbonyl (C=O) groups excluding carboxylic acids is 1. The number of nitrogens with zero attached hydrogens (tertiary/aromatic N) is 2. The Hall–Kier alpha value is -1.14. The largest absolute Gasteiger partial charge is 0.461 e. The number of thioether (sulfide) groups is 1. The second-order valence-corrected chi connectivity index (χ2v) is 5.72. The predicted molar refractivity (Wildman–Crippen MR) is 79.9 cm³/mol. The van der Waals surface area contributed by atoms with E-state index < -0.39 is 0 Å². The second-order valence-electron chi connectivity index (χ2n) is 4.61. The van der Waals surface area contributed by atoms with Crippen LogP contribution in [0.25, 0.3) is 0 Å². The highest BCUT2D eigenvalue weighted by Crippen LogP contribution is 2.19. The Morgan fingerprint density at radius 2 is 2.25 bits per heavy atom. The van der Waals surface area contributed by atoms with Gasteiger partial charge in [-0.2, -0.15) is 11.8 Å². The molecule has 0 unspecified atom stereocenters. The van der Waals surface area contributed by atoms with Gasteiger partial charge in [0, 0.05) is 25.1 Å². The van der Waals surface area contributed by atoms with E-state index >= 15 is 0 Å². The van der Waals surface area contributed by atoms with Crippen LogP contribution in [0, 0.1) is 0 Å². The van der Waals surface area contributed by atoms with Gasteiger partial charge in [0.05, 0.1) is 18.1 Å². The fourth-order valence-electron chi connectivity index (χ4n) is 2.13. The summed E-state index contributed by atoms with van der Waals surface area (Å²) in [5.74, 6) is 2.24. The molecule has 1 aromatic rings. The molecule has 1 aromatic heterocycles. The number of hydrogen-bond acceptors (Lipinski definition) is 6. The average molecular weight is 295 g/mol. The van der Waals surface area contributed by atoms with Gasteiger partial charge < -0.3 is 10.1 Å². The minimum Gasteiger partial charge on any atom is -0.461 e. The van der Waals surface area contributed by atoms with Crippen LogP contribution in [-0.2, 0) is 23.5 Å². The van der Waals surface area contributed by atoms with Gasteiger partial charge >= 0.3 is 5.97 Å². The lowest BCUT2D eigenvalue weighted by atomic mass is 10.1. The fourth-order valence-corrected chi connectivity index (χ4v) is 2.88. The van der Waals surface area contributed by atoms with Crippen molar-refractivity contribution in [3.05, 3.63) is 22.8 Å². The Morgan fingerprint density at radius 1 is 1.40 bits per heavy atom. The van der Waals surface area contributed by atoms with Gasteiger partial charge in [0.15, 0.2) is 5.69 Å². The van der Waals surface area contributed by atoms with Crippen LogP contribution in [0.4, 0.5) is 0 Å². The van der Waals surface area contributed by atoms with Crippen molar-refractivity contribution in [2.75, 3.05) is 18.9 Å². The lowest BCUT2D eigenvalue weighted by molar-refractivity contribution is 0.0516. The number of nitrogens with one attached hydrogen (secondary N) is 1. The molecule has 1 aliphatic heterocycles. The first-order chi connectivity index (χ1) is 9.76. The van der Waals surface area contributed by atoms with Crippen LogP contribution in [0.1, 0.15) is 47.8 Å². The zero-order valence-electron chi connectivity index (χ0n) is 12.1. The summed E-state index contributed by atoms with van der Waals surface area (Å²) in [5.41, 5.74) is 2.34. The van der Waals surface area contributed by atoms with Gasteiger partial charge in [0.25, 0.3) is 0 Å². The van der Waals surface area contributed by atoms with Crippen LogP contribution < -0.4 is 5.32 Å². The molecule has 2 rings (SSSR count). The molecular formula is C14H21N3O2S. The minimum atomic E-state index is -0.336. The van der Waals surface area contributed by atoms with Crippen LogP contribution in [0.2, 0.25) is 0 Å². The molecule has 110 valence electrons. The summed E-state index contributed by atoms with van der Waals surface area (Å²) in [6.45, 7) is 5.86. The number of carbonyl (C=O) groups is 1. The third-order valence-electron chi connectivity index (χ3n) is 3.03. The standard InChI is InChI=1S/C14H21N3O2S/c1-3-7-20-9-12-16-11-5-6-15-8-10(11)13(17-12)14(18)19-4-2/h15H,3-9H2,1-2H3. The molecule has 1 N–H and O–H groups in total. The van der Waals surface area contributed by atoms with Gasteiger partial charge in [-0.25, -0.2) is 14.8 Å². The van der Waals surface area contributed by atoms with Crippen LogP contribution in [0.15, 0.2) is 0 Å². The summed E-state index contributed by atoms with van der Waals surface area (Å²) in [6.07, 6.45) is 1.97. The zero-order valence-corrected chi connectivity index (χ0v) is 12.9. The van der Waals surface area contributed by atoms with Crippen molar-refractivity contribution in [2.45, 2.75) is 39.0 Å². The molecule has 6 heteroatoms. The molecule has 0 saturated carbocycles. The van der Waals surface area contributed by atoms with E-state index in [4.69, 9.17) is 4.74 Å². The van der Waals surface area contributed by atoms with E-state index in [0.717, 1.165) is 48.0 Å². The summed E-state index contributed by atoms with van der Waals surface area (Å²) < 4.78 is 5.11. The number of ether oxygens (including phenoxy) is 1. The second kappa shape index (κ2) is 7.59. The Bertz CT molecular complexity index is 480. The molecule has 1 aliphatic rings. The van der Waals surface area contributed by atoms with Crippen molar-refractivity contribution >= 4 is 17.7 Å². The van der Waals surface area contributed by atoms with Gasteiger partial charge in [-0.05, 0) is 19.1 Å². The van der Waals surface area contributed by atoms with Crippen LogP contribution in [0.5, 0.6) is 0 Å². The van der Waals surface area contributed by atoms with E-state index in [0.29, 0.717) is 18.8 Å². The Morgan fingerprint density at radius 3 is 3.00 bits per heavy atom. The van der Waals surface area contributed by atoms with E-state index in [1.54, 1.807) is 11.8 Å². The maximum Gasteiger partial charge on any atom is 0.357 e. The van der Waals surface area contributed by atoms with Crippen molar-refractivity contribution in [1.82, 2.24) is 15.3 Å². The first kappa shape index (κ1) is 15.3. The lowest BCUT2D eigenvalue weighted by Gasteiger charge is -2.19. The molecule has 0 atom stereocenters. The molecule has 0 spiro atoms. The third kappa shape index (κ3) is 3.70. The Kier molecular flexibility index (Phi) is 5.79. The molecule has 0 saturated heterocycles. The highest BCUT2D eigenvalue weighted by molar-refractivity contribution is 7.98. The summed E-state index contributed by atoms with van der Waals surface area (Å²) >= 11 is 1.80. The van der Waals surface area contributed by atoms with Crippen LogP contribution in [0.3, 0.4) is 0 Å². The lowest BCUT2D eigenvalue weighted by Crippen LogP contribution is -2.28. The highest BCUT2D eigenvalue weighted by atomic mass is 32.2. The zero-order chi connectivity index (χ0) is 14.4. The van der Waals surface area contributed by atoms with Gasteiger partial charge in [-0.15, -0.1) is 0 Å². The summed E-state index contributed by atoms with van der Waals surface area (Å²) in [4.78, 5) is 21.1. The molecule has 0 bridgehead atoms. The van der Waals surface area contributed by atoms with E-state index in [1.165, 1.54) is 0 Å². The topological polar surface area (TPSA) is 64.1 Å². The molecule has 5 nitrogen and oxygen atoms in total. The first-order valence-corrected chi connectivity index (χ1v) is 8.26. The van der Waals surface area contributed by atoms with Crippen molar-refractivity contribution in [3.8, 4) is 0 Å². The summed E-state index contributed by atoms with van der Waals surface area (Å²) in [6, 6.07) is 0. The number of hydrogen-bond donors (Lipinski definition) is 1. The summed E-state index contributed by atoms with van der Waals surface area (Å²) in [5, 5.41) is 3.26. The molecule has 0 aromatic carbocycles. The van der Waals surface area contributed by atoms with Crippen molar-refractivity contribution < 1.29 is 9.53 Å². The van der Waals surface area contributed by atoms with E-state index in [1.807, 2.05) is 6.92 Å². The smallest absolute Gasteiger partial charge is 0.357 e. The maximum absolute atomic E-state index is 12.1. The SMILES string of the molecule is CCCSCc1nc2c(c(C(=O)OCC)n1)CNCC2. The highest BCUT2D eigenvalue weighted by Gasteiger charge is 2.22. The number of rotatable bonds is 6.